The zero-order valence-corrected chi connectivity index (χ0v) is 16.8. The van der Waals surface area contributed by atoms with Gasteiger partial charge in [-0.15, -0.1) is 5.10 Å². The van der Waals surface area contributed by atoms with Crippen LogP contribution in [0.15, 0.2) is 48.7 Å². The lowest BCUT2D eigenvalue weighted by Gasteiger charge is -2.32. The van der Waals surface area contributed by atoms with Gasteiger partial charge < -0.3 is 9.64 Å². The first-order valence-electron chi connectivity index (χ1n) is 9.70. The molecule has 1 aliphatic rings. The van der Waals surface area contributed by atoms with Crippen LogP contribution in [0.5, 0.6) is 5.75 Å². The van der Waals surface area contributed by atoms with Gasteiger partial charge in [0.1, 0.15) is 11.4 Å². The van der Waals surface area contributed by atoms with E-state index in [0.29, 0.717) is 0 Å². The number of aromatic nitrogens is 3. The van der Waals surface area contributed by atoms with Gasteiger partial charge in [0.2, 0.25) is 0 Å². The number of likely N-dealkylation sites (N-methyl/N-ethyl adjacent to an activating group) is 1. The minimum atomic E-state index is 0.851. The maximum atomic E-state index is 5.42. The summed E-state index contributed by atoms with van der Waals surface area (Å²) in [5.74, 6) is 0.851. The summed E-state index contributed by atoms with van der Waals surface area (Å²) in [5, 5.41) is 8.71. The highest BCUT2D eigenvalue weighted by molar-refractivity contribution is 5.59. The van der Waals surface area contributed by atoms with Crippen molar-refractivity contribution in [1.29, 1.82) is 0 Å². The van der Waals surface area contributed by atoms with E-state index in [2.05, 4.69) is 51.4 Å². The predicted octanol–water partition coefficient (Wildman–Crippen LogP) is 3.00. The second-order valence-corrected chi connectivity index (χ2v) is 7.48. The highest BCUT2D eigenvalue weighted by atomic mass is 16.5. The fourth-order valence-corrected chi connectivity index (χ4v) is 3.57. The number of hydrogen-bond acceptors (Lipinski definition) is 5. The maximum Gasteiger partial charge on any atom is 0.123 e. The third kappa shape index (κ3) is 4.08. The number of nitrogens with zero attached hydrogens (tertiary/aromatic N) is 5. The summed E-state index contributed by atoms with van der Waals surface area (Å²) in [5.41, 5.74) is 5.32. The average molecular weight is 377 g/mol. The lowest BCUT2D eigenvalue weighted by atomic mass is 10.1. The van der Waals surface area contributed by atoms with Crippen LogP contribution in [0.2, 0.25) is 0 Å². The molecule has 146 valence electrons. The van der Waals surface area contributed by atoms with E-state index in [9.17, 15) is 0 Å². The van der Waals surface area contributed by atoms with E-state index in [1.807, 2.05) is 31.3 Å². The smallest absolute Gasteiger partial charge is 0.123 e. The molecule has 0 atom stereocenters. The summed E-state index contributed by atoms with van der Waals surface area (Å²) in [6, 6.07) is 14.7. The van der Waals surface area contributed by atoms with Crippen LogP contribution < -0.4 is 4.74 Å². The molecule has 2 aromatic carbocycles. The van der Waals surface area contributed by atoms with Crippen molar-refractivity contribution in [2.24, 2.45) is 0 Å². The van der Waals surface area contributed by atoms with E-state index in [4.69, 9.17) is 4.74 Å². The summed E-state index contributed by atoms with van der Waals surface area (Å²) >= 11 is 0. The van der Waals surface area contributed by atoms with Crippen LogP contribution in [0.3, 0.4) is 0 Å². The van der Waals surface area contributed by atoms with Gasteiger partial charge in [-0.05, 0) is 37.2 Å². The Kier molecular flexibility index (Phi) is 5.41. The Morgan fingerprint density at radius 3 is 2.64 bits per heavy atom. The molecular weight excluding hydrogens is 350 g/mol. The molecule has 0 radical (unpaired) electrons. The van der Waals surface area contributed by atoms with Gasteiger partial charge in [0.25, 0.3) is 0 Å². The van der Waals surface area contributed by atoms with Crippen molar-refractivity contribution in [3.05, 3.63) is 59.8 Å². The predicted molar refractivity (Wildman–Crippen MR) is 111 cm³/mol. The molecule has 1 aliphatic heterocycles. The number of piperazine rings is 1. The van der Waals surface area contributed by atoms with Crippen molar-refractivity contribution in [3.63, 3.8) is 0 Å². The molecule has 0 N–H and O–H groups in total. The molecule has 6 nitrogen and oxygen atoms in total. The Labute approximate surface area is 166 Å². The lowest BCUT2D eigenvalue weighted by molar-refractivity contribution is 0.148. The Morgan fingerprint density at radius 2 is 1.86 bits per heavy atom. The van der Waals surface area contributed by atoms with Gasteiger partial charge in [0.15, 0.2) is 0 Å². The van der Waals surface area contributed by atoms with E-state index in [-0.39, 0.29) is 0 Å². The van der Waals surface area contributed by atoms with Gasteiger partial charge in [-0.25, -0.2) is 4.68 Å². The fraction of sp³-hybridized carbons (Fsp3) is 0.364. The molecule has 0 spiro atoms. The van der Waals surface area contributed by atoms with E-state index >= 15 is 0 Å². The van der Waals surface area contributed by atoms with Crippen molar-refractivity contribution in [2.45, 2.75) is 13.5 Å². The monoisotopic (exact) mass is 377 g/mol. The van der Waals surface area contributed by atoms with Gasteiger partial charge in [0.05, 0.1) is 19.0 Å². The molecule has 4 rings (SSSR count). The third-order valence-corrected chi connectivity index (χ3v) is 5.37. The Bertz CT molecular complexity index is 944. The largest absolute Gasteiger partial charge is 0.496 e. The van der Waals surface area contributed by atoms with Crippen LogP contribution in [-0.4, -0.2) is 65.1 Å². The van der Waals surface area contributed by atoms with Crippen molar-refractivity contribution >= 4 is 0 Å². The molecule has 1 saturated heterocycles. The molecule has 0 saturated carbocycles. The number of aryl methyl sites for hydroxylation is 1. The molecule has 3 aromatic rings. The Balaban J connectivity index is 1.52. The molecule has 0 amide bonds. The van der Waals surface area contributed by atoms with Crippen LogP contribution in [0.4, 0.5) is 0 Å². The van der Waals surface area contributed by atoms with Gasteiger partial charge >= 0.3 is 0 Å². The van der Waals surface area contributed by atoms with E-state index in [1.165, 1.54) is 5.56 Å². The quantitative estimate of drug-likeness (QED) is 0.684. The van der Waals surface area contributed by atoms with Crippen LogP contribution >= 0.6 is 0 Å². The zero-order chi connectivity index (χ0) is 19.5. The summed E-state index contributed by atoms with van der Waals surface area (Å²) in [6.45, 7) is 7.51. The molecule has 1 aromatic heterocycles. The van der Waals surface area contributed by atoms with Crippen molar-refractivity contribution < 1.29 is 4.74 Å². The summed E-state index contributed by atoms with van der Waals surface area (Å²) in [4.78, 5) is 4.89. The van der Waals surface area contributed by atoms with Crippen molar-refractivity contribution in [1.82, 2.24) is 24.8 Å². The average Bonchev–Trinajstić information content (AvgIpc) is 3.21. The van der Waals surface area contributed by atoms with Gasteiger partial charge in [-0.3, -0.25) is 4.90 Å². The number of methoxy groups -OCH3 is 1. The summed E-state index contributed by atoms with van der Waals surface area (Å²) < 4.78 is 7.22. The molecule has 1 fully saturated rings. The minimum Gasteiger partial charge on any atom is -0.496 e. The minimum absolute atomic E-state index is 0.851. The van der Waals surface area contributed by atoms with Crippen molar-refractivity contribution in [2.75, 3.05) is 40.3 Å². The summed E-state index contributed by atoms with van der Waals surface area (Å²) in [7, 11) is 3.87. The number of hydrogen-bond donors (Lipinski definition) is 0. The summed E-state index contributed by atoms with van der Waals surface area (Å²) in [6.07, 6.45) is 1.97. The first-order valence-corrected chi connectivity index (χ1v) is 9.70. The van der Waals surface area contributed by atoms with Crippen LogP contribution in [0, 0.1) is 6.92 Å². The van der Waals surface area contributed by atoms with E-state index in [1.54, 1.807) is 11.8 Å². The van der Waals surface area contributed by atoms with E-state index < -0.39 is 0 Å². The number of ether oxygens (including phenoxy) is 1. The third-order valence-electron chi connectivity index (χ3n) is 5.37. The van der Waals surface area contributed by atoms with Gasteiger partial charge in [-0.1, -0.05) is 29.5 Å². The first kappa shape index (κ1) is 18.7. The van der Waals surface area contributed by atoms with E-state index in [0.717, 1.165) is 61.0 Å². The molecule has 28 heavy (non-hydrogen) atoms. The lowest BCUT2D eigenvalue weighted by Crippen LogP contribution is -2.43. The number of benzene rings is 2. The van der Waals surface area contributed by atoms with Crippen molar-refractivity contribution in [3.8, 4) is 22.7 Å². The Morgan fingerprint density at radius 1 is 1.04 bits per heavy atom. The molecule has 0 aliphatic carbocycles. The fourth-order valence-electron chi connectivity index (χ4n) is 3.57. The SMILES string of the molecule is COc1cc(-n2cc(-c3cccc(CN4CCN(C)CC4)c3)nn2)ccc1C. The molecular formula is C22H27N5O. The van der Waals surface area contributed by atoms with Gasteiger partial charge in [-0.2, -0.15) is 0 Å². The molecule has 0 unspecified atom stereocenters. The normalized spacial score (nSPS) is 15.7. The zero-order valence-electron chi connectivity index (χ0n) is 16.8. The van der Waals surface area contributed by atoms with Crippen LogP contribution in [0.1, 0.15) is 11.1 Å². The van der Waals surface area contributed by atoms with Crippen LogP contribution in [-0.2, 0) is 6.54 Å². The van der Waals surface area contributed by atoms with Crippen LogP contribution in [0.25, 0.3) is 16.9 Å². The molecule has 0 bridgehead atoms. The highest BCUT2D eigenvalue weighted by Crippen LogP contribution is 2.23. The van der Waals surface area contributed by atoms with Gasteiger partial charge in [0, 0.05) is 44.4 Å². The second kappa shape index (κ2) is 8.12. The molecule has 6 heteroatoms. The first-order chi connectivity index (χ1) is 13.6. The second-order valence-electron chi connectivity index (χ2n) is 7.48. The highest BCUT2D eigenvalue weighted by Gasteiger charge is 2.14. The maximum absolute atomic E-state index is 5.42. The Hall–Kier alpha value is -2.70. The topological polar surface area (TPSA) is 46.4 Å². The standard InChI is InChI=1S/C22H27N5O/c1-17-7-8-20(14-22(17)28-3)27-16-21(23-24-27)19-6-4-5-18(13-19)15-26-11-9-25(2)10-12-26/h4-8,13-14,16H,9-12,15H2,1-3H3. The molecule has 2 heterocycles. The number of rotatable bonds is 5.